The summed E-state index contributed by atoms with van der Waals surface area (Å²) < 4.78 is 6.21. The summed E-state index contributed by atoms with van der Waals surface area (Å²) in [6.45, 7) is 0. The van der Waals surface area contributed by atoms with Gasteiger partial charge < -0.3 is 10.1 Å². The number of esters is 1. The van der Waals surface area contributed by atoms with Crippen LogP contribution < -0.4 is 5.32 Å². The predicted molar refractivity (Wildman–Crippen MR) is 80.9 cm³/mol. The number of anilines is 1. The van der Waals surface area contributed by atoms with Crippen LogP contribution in [0.15, 0.2) is 22.7 Å². The Balaban J connectivity index is 1.57. The first-order valence-electron chi connectivity index (χ1n) is 7.01. The van der Waals surface area contributed by atoms with E-state index in [9.17, 15) is 9.59 Å². The second-order valence-corrected chi connectivity index (χ2v) is 7.36. The Morgan fingerprint density at radius 1 is 1.38 bits per heavy atom. The number of amides is 1. The summed E-state index contributed by atoms with van der Waals surface area (Å²) in [5.41, 5.74) is 0.579. The van der Waals surface area contributed by atoms with Gasteiger partial charge in [0.05, 0.1) is 22.5 Å². The van der Waals surface area contributed by atoms with Crippen molar-refractivity contribution < 1.29 is 14.3 Å². The van der Waals surface area contributed by atoms with Gasteiger partial charge in [0.15, 0.2) is 0 Å². The number of fused-ring (bicyclic) bond motifs is 1. The fourth-order valence-electron chi connectivity index (χ4n) is 4.17. The Labute approximate surface area is 135 Å². The molecule has 2 saturated carbocycles. The van der Waals surface area contributed by atoms with Crippen molar-refractivity contribution in [3.63, 3.8) is 0 Å². The maximum absolute atomic E-state index is 12.6. The minimum Gasteiger partial charge on any atom is -0.462 e. The molecule has 4 nitrogen and oxygen atoms in total. The van der Waals surface area contributed by atoms with E-state index in [-0.39, 0.29) is 41.7 Å². The van der Waals surface area contributed by atoms with Crippen LogP contribution in [0.4, 0.5) is 5.69 Å². The Kier molecular flexibility index (Phi) is 3.05. The van der Waals surface area contributed by atoms with E-state index in [0.29, 0.717) is 10.7 Å². The molecule has 1 N–H and O–H groups in total. The number of rotatable bonds is 2. The van der Waals surface area contributed by atoms with Gasteiger partial charge in [0.2, 0.25) is 5.91 Å². The molecule has 0 radical (unpaired) electrons. The number of ether oxygens (including phenoxy) is 1. The van der Waals surface area contributed by atoms with Crippen molar-refractivity contribution in [3.8, 4) is 0 Å². The summed E-state index contributed by atoms with van der Waals surface area (Å²) in [5, 5.41) is 3.35. The van der Waals surface area contributed by atoms with Crippen LogP contribution in [0.2, 0.25) is 5.02 Å². The minimum atomic E-state index is -0.277. The molecule has 1 aromatic rings. The number of nitrogens with one attached hydrogen (secondary N) is 1. The Bertz CT molecular complexity index is 648. The van der Waals surface area contributed by atoms with Crippen LogP contribution in [0, 0.1) is 23.7 Å². The van der Waals surface area contributed by atoms with Gasteiger partial charge in [0.1, 0.15) is 6.10 Å². The van der Waals surface area contributed by atoms with Crippen LogP contribution in [0.1, 0.15) is 12.8 Å². The smallest absolute Gasteiger partial charge is 0.310 e. The predicted octanol–water partition coefficient (Wildman–Crippen LogP) is 3.24. The zero-order valence-corrected chi connectivity index (χ0v) is 13.4. The summed E-state index contributed by atoms with van der Waals surface area (Å²) in [6, 6.07) is 5.31. The average molecular weight is 371 g/mol. The first-order chi connectivity index (χ1) is 10.0. The number of benzene rings is 1. The quantitative estimate of drug-likeness (QED) is 0.813. The minimum absolute atomic E-state index is 0.0489. The van der Waals surface area contributed by atoms with E-state index in [1.54, 1.807) is 12.1 Å². The lowest BCUT2D eigenvalue weighted by Gasteiger charge is -2.23. The highest BCUT2D eigenvalue weighted by Gasteiger charge is 2.63. The van der Waals surface area contributed by atoms with E-state index in [1.807, 2.05) is 6.07 Å². The number of carbonyl (C=O) groups excluding carboxylic acids is 2. The van der Waals surface area contributed by atoms with Crippen molar-refractivity contribution in [2.24, 2.45) is 23.7 Å². The zero-order chi connectivity index (χ0) is 14.7. The molecular weight excluding hydrogens is 358 g/mol. The van der Waals surface area contributed by atoms with Crippen LogP contribution in [-0.4, -0.2) is 18.0 Å². The van der Waals surface area contributed by atoms with Gasteiger partial charge >= 0.3 is 5.97 Å². The van der Waals surface area contributed by atoms with Crippen molar-refractivity contribution in [1.29, 1.82) is 0 Å². The Morgan fingerprint density at radius 2 is 2.19 bits per heavy atom. The maximum Gasteiger partial charge on any atom is 0.310 e. The molecule has 21 heavy (non-hydrogen) atoms. The summed E-state index contributed by atoms with van der Waals surface area (Å²) in [5.74, 6) is -0.366. The lowest BCUT2D eigenvalue weighted by Crippen LogP contribution is -2.35. The SMILES string of the molecule is O=C(Nc1ccc(Br)cc1Cl)[C@@H]1[C@@H]2C[C@H]3[C@@H]1C(=O)O[C@@H]3C2. The molecule has 4 rings (SSSR count). The van der Waals surface area contributed by atoms with Crippen molar-refractivity contribution in [2.45, 2.75) is 18.9 Å². The van der Waals surface area contributed by atoms with Gasteiger partial charge in [-0.25, -0.2) is 0 Å². The topological polar surface area (TPSA) is 55.4 Å². The molecule has 0 aromatic heterocycles. The second kappa shape index (κ2) is 4.71. The van der Waals surface area contributed by atoms with Gasteiger partial charge in [-0.1, -0.05) is 27.5 Å². The highest BCUT2D eigenvalue weighted by molar-refractivity contribution is 9.10. The third kappa shape index (κ3) is 2.01. The molecule has 2 bridgehead atoms. The van der Waals surface area contributed by atoms with Crippen LogP contribution in [-0.2, 0) is 14.3 Å². The fourth-order valence-corrected chi connectivity index (χ4v) is 4.89. The van der Waals surface area contributed by atoms with Gasteiger partial charge in [-0.2, -0.15) is 0 Å². The molecule has 1 aliphatic heterocycles. The first-order valence-corrected chi connectivity index (χ1v) is 8.18. The molecule has 1 aromatic carbocycles. The van der Waals surface area contributed by atoms with Crippen LogP contribution in [0.5, 0.6) is 0 Å². The molecule has 0 spiro atoms. The molecular formula is C15H13BrClNO3. The number of hydrogen-bond donors (Lipinski definition) is 1. The third-order valence-electron chi connectivity index (χ3n) is 4.97. The molecule has 1 saturated heterocycles. The van der Waals surface area contributed by atoms with Gasteiger partial charge in [0.25, 0.3) is 0 Å². The van der Waals surface area contributed by atoms with Crippen molar-refractivity contribution >= 4 is 45.1 Å². The normalized spacial score (nSPS) is 35.9. The van der Waals surface area contributed by atoms with Crippen LogP contribution >= 0.6 is 27.5 Å². The second-order valence-electron chi connectivity index (χ2n) is 6.04. The van der Waals surface area contributed by atoms with Gasteiger partial charge in [0, 0.05) is 10.4 Å². The van der Waals surface area contributed by atoms with E-state index >= 15 is 0 Å². The zero-order valence-electron chi connectivity index (χ0n) is 11.0. The number of carbonyl (C=O) groups is 2. The Morgan fingerprint density at radius 3 is 2.95 bits per heavy atom. The van der Waals surface area contributed by atoms with E-state index < -0.39 is 0 Å². The monoisotopic (exact) mass is 369 g/mol. The molecule has 1 amide bonds. The number of hydrogen-bond acceptors (Lipinski definition) is 3. The summed E-state index contributed by atoms with van der Waals surface area (Å²) >= 11 is 9.46. The lowest BCUT2D eigenvalue weighted by molar-refractivity contribution is -0.145. The van der Waals surface area contributed by atoms with Crippen molar-refractivity contribution in [2.75, 3.05) is 5.32 Å². The molecule has 3 fully saturated rings. The summed E-state index contributed by atoms with van der Waals surface area (Å²) in [4.78, 5) is 24.5. The molecule has 110 valence electrons. The summed E-state index contributed by atoms with van der Waals surface area (Å²) in [6.07, 6.45) is 1.79. The standard InChI is InChI=1S/C15H13BrClNO3/c16-7-1-2-10(9(17)5-7)18-14(19)12-6-3-8-11(4-6)21-15(20)13(8)12/h1-2,5-6,8,11-13H,3-4H2,(H,18,19)/t6-,8-,11-,12-,13+/m1/s1. The van der Waals surface area contributed by atoms with E-state index in [0.717, 1.165) is 17.3 Å². The average Bonchev–Trinajstić information content (AvgIpc) is 3.02. The Hall–Kier alpha value is -1.07. The largest absolute Gasteiger partial charge is 0.462 e. The molecule has 3 aliphatic rings. The van der Waals surface area contributed by atoms with Crippen LogP contribution in [0.3, 0.4) is 0 Å². The van der Waals surface area contributed by atoms with E-state index in [1.165, 1.54) is 0 Å². The highest BCUT2D eigenvalue weighted by Crippen LogP contribution is 2.57. The van der Waals surface area contributed by atoms with Crippen LogP contribution in [0.25, 0.3) is 0 Å². The highest BCUT2D eigenvalue weighted by atomic mass is 79.9. The molecule has 6 heteroatoms. The van der Waals surface area contributed by atoms with E-state index in [2.05, 4.69) is 21.2 Å². The van der Waals surface area contributed by atoms with Crippen molar-refractivity contribution in [3.05, 3.63) is 27.7 Å². The van der Waals surface area contributed by atoms with Gasteiger partial charge in [-0.15, -0.1) is 0 Å². The first kappa shape index (κ1) is 13.6. The van der Waals surface area contributed by atoms with Gasteiger partial charge in [-0.05, 0) is 37.0 Å². The lowest BCUT2D eigenvalue weighted by atomic mass is 9.79. The molecule has 1 heterocycles. The third-order valence-corrected chi connectivity index (χ3v) is 5.78. The van der Waals surface area contributed by atoms with Gasteiger partial charge in [-0.3, -0.25) is 9.59 Å². The summed E-state index contributed by atoms with van der Waals surface area (Å²) in [7, 11) is 0. The molecule has 2 aliphatic carbocycles. The maximum atomic E-state index is 12.6. The van der Waals surface area contributed by atoms with E-state index in [4.69, 9.17) is 16.3 Å². The molecule has 5 atom stereocenters. The number of halogens is 2. The fraction of sp³-hybridized carbons (Fsp3) is 0.467. The van der Waals surface area contributed by atoms with Crippen molar-refractivity contribution in [1.82, 2.24) is 0 Å². The molecule has 0 unspecified atom stereocenters.